The Morgan fingerprint density at radius 1 is 1.33 bits per heavy atom. The molecule has 0 spiro atoms. The van der Waals surface area contributed by atoms with Crippen LogP contribution in [0.1, 0.15) is 12.0 Å². The van der Waals surface area contributed by atoms with Crippen LogP contribution in [-0.4, -0.2) is 12.3 Å². The second-order valence-electron chi connectivity index (χ2n) is 2.75. The predicted molar refractivity (Wildman–Crippen MR) is 48.4 cm³/mol. The van der Waals surface area contributed by atoms with Crippen molar-refractivity contribution in [2.75, 3.05) is 0 Å². The van der Waals surface area contributed by atoms with Crippen molar-refractivity contribution >= 4 is 6.29 Å². The van der Waals surface area contributed by atoms with Crippen LogP contribution in [0.2, 0.25) is 0 Å². The van der Waals surface area contributed by atoms with E-state index in [9.17, 15) is 4.79 Å². The van der Waals surface area contributed by atoms with Crippen molar-refractivity contribution in [3.05, 3.63) is 35.9 Å². The lowest BCUT2D eigenvalue weighted by Crippen LogP contribution is -2.21. The highest BCUT2D eigenvalue weighted by Gasteiger charge is 2.00. The topological polar surface area (TPSA) is 43.1 Å². The Hall–Kier alpha value is -1.15. The highest BCUT2D eigenvalue weighted by Crippen LogP contribution is 2.02. The lowest BCUT2D eigenvalue weighted by Gasteiger charge is -2.02. The number of carbonyl (C=O) groups excluding carboxylic acids is 1. The summed E-state index contributed by atoms with van der Waals surface area (Å²) in [5.41, 5.74) is 6.61. The van der Waals surface area contributed by atoms with Gasteiger partial charge in [-0.25, -0.2) is 0 Å². The average molecular weight is 162 g/mol. The summed E-state index contributed by atoms with van der Waals surface area (Å²) in [7, 11) is 0. The molecule has 0 heterocycles. The molecule has 1 aromatic rings. The van der Waals surface area contributed by atoms with Gasteiger partial charge in [-0.15, -0.1) is 0 Å². The Balaban J connectivity index is 2.38. The van der Waals surface area contributed by atoms with E-state index in [0.29, 0.717) is 6.42 Å². The Labute approximate surface area is 72.4 Å². The van der Waals surface area contributed by atoms with Gasteiger partial charge >= 0.3 is 0 Å². The minimum Gasteiger partial charge on any atom is -0.321 e. The maximum atomic E-state index is 10.1. The largest absolute Gasteiger partial charge is 0.321 e. The van der Waals surface area contributed by atoms with Crippen molar-refractivity contribution in [1.29, 1.82) is 0 Å². The Morgan fingerprint density at radius 2 is 2.00 bits per heavy atom. The fourth-order valence-corrected chi connectivity index (χ4v) is 1.03. The predicted octanol–water partition coefficient (Wildman–Crippen LogP) is 1.06. The molecule has 1 rings (SSSR count). The minimum atomic E-state index is -0.440. The van der Waals surface area contributed by atoms with Gasteiger partial charge in [-0.1, -0.05) is 30.3 Å². The van der Waals surface area contributed by atoms with E-state index in [4.69, 9.17) is 5.73 Å². The maximum absolute atomic E-state index is 10.1. The van der Waals surface area contributed by atoms with Crippen LogP contribution in [0.3, 0.4) is 0 Å². The third-order valence-electron chi connectivity index (χ3n) is 1.74. The van der Waals surface area contributed by atoms with Crippen molar-refractivity contribution in [3.63, 3.8) is 0 Å². The first-order valence-corrected chi connectivity index (χ1v) is 4.00. The third-order valence-corrected chi connectivity index (χ3v) is 1.74. The van der Waals surface area contributed by atoms with E-state index < -0.39 is 6.04 Å². The molecule has 0 unspecified atom stereocenters. The summed E-state index contributed by atoms with van der Waals surface area (Å²) in [6.07, 6.45) is 3.28. The van der Waals surface area contributed by atoms with Gasteiger partial charge in [-0.2, -0.15) is 0 Å². The normalized spacial score (nSPS) is 12.4. The zero-order chi connectivity index (χ0) is 8.81. The van der Waals surface area contributed by atoms with E-state index in [0.717, 1.165) is 6.42 Å². The first-order chi connectivity index (χ1) is 5.83. The maximum Gasteiger partial charge on any atom is 0.216 e. The zero-order valence-electron chi connectivity index (χ0n) is 6.86. The number of hydrogen-bond donors (Lipinski definition) is 1. The van der Waals surface area contributed by atoms with Gasteiger partial charge in [-0.3, -0.25) is 4.79 Å². The highest BCUT2D eigenvalue weighted by atomic mass is 16.1. The van der Waals surface area contributed by atoms with Crippen molar-refractivity contribution in [3.8, 4) is 0 Å². The number of nitrogens with two attached hydrogens (primary N) is 1. The van der Waals surface area contributed by atoms with Crippen molar-refractivity contribution in [2.45, 2.75) is 18.9 Å². The van der Waals surface area contributed by atoms with E-state index in [1.54, 1.807) is 6.29 Å². The van der Waals surface area contributed by atoms with E-state index in [1.165, 1.54) is 5.56 Å². The molecule has 0 amide bonds. The smallest absolute Gasteiger partial charge is 0.216 e. The molecule has 0 aliphatic heterocycles. The van der Waals surface area contributed by atoms with E-state index in [1.807, 2.05) is 30.3 Å². The molecule has 1 atom stereocenters. The summed E-state index contributed by atoms with van der Waals surface area (Å²) in [6, 6.07) is 9.53. The summed E-state index contributed by atoms with van der Waals surface area (Å²) >= 11 is 0. The van der Waals surface area contributed by atoms with E-state index in [-0.39, 0.29) is 0 Å². The van der Waals surface area contributed by atoms with Crippen molar-refractivity contribution in [2.24, 2.45) is 5.73 Å². The third kappa shape index (κ3) is 2.84. The second-order valence-corrected chi connectivity index (χ2v) is 2.75. The first-order valence-electron chi connectivity index (χ1n) is 4.00. The molecule has 0 bridgehead atoms. The second kappa shape index (κ2) is 4.67. The minimum absolute atomic E-state index is 0.440. The summed E-state index contributed by atoms with van der Waals surface area (Å²) in [5.74, 6) is 0. The van der Waals surface area contributed by atoms with Gasteiger partial charge in [0.1, 0.15) is 0 Å². The molecule has 1 radical (unpaired) electrons. The number of rotatable bonds is 4. The quantitative estimate of drug-likeness (QED) is 0.719. The van der Waals surface area contributed by atoms with Gasteiger partial charge in [0.15, 0.2) is 0 Å². The Bertz CT molecular complexity index is 233. The highest BCUT2D eigenvalue weighted by molar-refractivity contribution is 5.57. The standard InChI is InChI=1S/C10H12NO/c11-10(8-12)7-6-9-4-2-1-3-5-9/h1-5,10H,6-7,11H2/t10-/m0/s1. The summed E-state index contributed by atoms with van der Waals surface area (Å²) in [4.78, 5) is 10.1. The molecular weight excluding hydrogens is 150 g/mol. The van der Waals surface area contributed by atoms with Crippen molar-refractivity contribution in [1.82, 2.24) is 0 Å². The van der Waals surface area contributed by atoms with Crippen molar-refractivity contribution < 1.29 is 4.79 Å². The zero-order valence-corrected chi connectivity index (χ0v) is 6.86. The molecule has 0 saturated carbocycles. The summed E-state index contributed by atoms with van der Waals surface area (Å²) < 4.78 is 0. The Morgan fingerprint density at radius 3 is 2.58 bits per heavy atom. The van der Waals surface area contributed by atoms with Crippen LogP contribution < -0.4 is 5.73 Å². The van der Waals surface area contributed by atoms with Gasteiger partial charge in [0.25, 0.3) is 0 Å². The van der Waals surface area contributed by atoms with Gasteiger partial charge in [-0.05, 0) is 18.4 Å². The molecule has 12 heavy (non-hydrogen) atoms. The molecule has 63 valence electrons. The molecule has 0 fully saturated rings. The van der Waals surface area contributed by atoms with Crippen LogP contribution in [-0.2, 0) is 11.2 Å². The molecule has 0 saturated heterocycles. The first kappa shape index (κ1) is 8.94. The van der Waals surface area contributed by atoms with Crippen LogP contribution in [0, 0.1) is 0 Å². The van der Waals surface area contributed by atoms with Gasteiger partial charge in [0, 0.05) is 0 Å². The lowest BCUT2D eigenvalue weighted by atomic mass is 10.1. The number of aryl methyl sites for hydroxylation is 1. The van der Waals surface area contributed by atoms with Gasteiger partial charge < -0.3 is 5.73 Å². The van der Waals surface area contributed by atoms with E-state index in [2.05, 4.69) is 0 Å². The molecule has 1 aromatic carbocycles. The Kier molecular flexibility index (Phi) is 3.48. The molecule has 0 aromatic heterocycles. The molecule has 0 aliphatic carbocycles. The van der Waals surface area contributed by atoms with Gasteiger partial charge in [0.2, 0.25) is 6.29 Å². The lowest BCUT2D eigenvalue weighted by molar-refractivity contribution is 0.536. The molecule has 2 heteroatoms. The average Bonchev–Trinajstić information content (AvgIpc) is 2.16. The molecule has 0 aliphatic rings. The fraction of sp³-hybridized carbons (Fsp3) is 0.300. The molecule has 2 nitrogen and oxygen atoms in total. The molecule has 2 N–H and O–H groups in total. The SMILES string of the molecule is N[C@H]([C]=O)CCc1ccccc1. The van der Waals surface area contributed by atoms with Crippen LogP contribution in [0.25, 0.3) is 0 Å². The van der Waals surface area contributed by atoms with Gasteiger partial charge in [0.05, 0.1) is 6.04 Å². The molecular formula is C10H12NO. The van der Waals surface area contributed by atoms with E-state index >= 15 is 0 Å². The van der Waals surface area contributed by atoms with Crippen LogP contribution in [0.15, 0.2) is 30.3 Å². The number of hydrogen-bond acceptors (Lipinski definition) is 2. The summed E-state index contributed by atoms with van der Waals surface area (Å²) in [6.45, 7) is 0. The van der Waals surface area contributed by atoms with Crippen LogP contribution in [0.4, 0.5) is 0 Å². The fourth-order valence-electron chi connectivity index (χ4n) is 1.03. The van der Waals surface area contributed by atoms with Crippen LogP contribution >= 0.6 is 0 Å². The van der Waals surface area contributed by atoms with Crippen LogP contribution in [0.5, 0.6) is 0 Å². The summed E-state index contributed by atoms with van der Waals surface area (Å²) in [5, 5.41) is 0. The monoisotopic (exact) mass is 162 g/mol. The number of benzene rings is 1.